The molecule has 0 saturated carbocycles. The first kappa shape index (κ1) is 28.6. The molecule has 0 unspecified atom stereocenters. The molecule has 0 aliphatic carbocycles. The van der Waals surface area contributed by atoms with Crippen molar-refractivity contribution in [3.63, 3.8) is 0 Å². The van der Waals surface area contributed by atoms with Gasteiger partial charge >= 0.3 is 0 Å². The standard InChI is InChI=1S/C44H37BN2O2/c1-3-5-15-28-25-35-41-39(26-28)48-38-24-14-22-34-40(38)45(41)42-36(46(34)32-20-11-10-19-31(32)29-17-8-7-9-18-29)27-30(16-6-4-2)44-43(42)47(35)33-21-12-13-23-37(33)49-44/h7-14,17-27H,3-6,15-16H2,1-2H3. The highest BCUT2D eigenvalue weighted by molar-refractivity contribution is 7.01. The van der Waals surface area contributed by atoms with E-state index in [0.717, 1.165) is 72.9 Å². The van der Waals surface area contributed by atoms with Gasteiger partial charge in [0.2, 0.25) is 0 Å². The average molecular weight is 637 g/mol. The molecule has 49 heavy (non-hydrogen) atoms. The van der Waals surface area contributed by atoms with Gasteiger partial charge in [-0.05, 0) is 107 Å². The summed E-state index contributed by atoms with van der Waals surface area (Å²) in [5, 5.41) is 0. The normalized spacial score (nSPS) is 13.8. The van der Waals surface area contributed by atoms with Crippen molar-refractivity contribution in [2.75, 3.05) is 9.80 Å². The minimum Gasteiger partial charge on any atom is -0.458 e. The summed E-state index contributed by atoms with van der Waals surface area (Å²) in [6.07, 6.45) is 6.48. The zero-order valence-corrected chi connectivity index (χ0v) is 28.0. The molecule has 4 nitrogen and oxygen atoms in total. The van der Waals surface area contributed by atoms with Crippen molar-refractivity contribution < 1.29 is 9.47 Å². The second kappa shape index (κ2) is 11.1. The van der Waals surface area contributed by atoms with Gasteiger partial charge in [0.25, 0.3) is 6.71 Å². The van der Waals surface area contributed by atoms with E-state index < -0.39 is 0 Å². The molecular weight excluding hydrogens is 599 g/mol. The first-order valence-corrected chi connectivity index (χ1v) is 17.9. The molecule has 0 saturated heterocycles. The molecule has 238 valence electrons. The summed E-state index contributed by atoms with van der Waals surface area (Å²) in [6, 6.07) is 42.0. The quantitative estimate of drug-likeness (QED) is 0.155. The van der Waals surface area contributed by atoms with Crippen molar-refractivity contribution in [3.05, 3.63) is 126 Å². The average Bonchev–Trinajstić information content (AvgIpc) is 3.15. The number of ether oxygens (including phenoxy) is 2. The number of hydrogen-bond donors (Lipinski definition) is 0. The van der Waals surface area contributed by atoms with Crippen LogP contribution in [0.4, 0.5) is 34.1 Å². The number of unbranched alkanes of at least 4 members (excludes halogenated alkanes) is 2. The Kier molecular flexibility index (Phi) is 6.45. The van der Waals surface area contributed by atoms with E-state index >= 15 is 0 Å². The van der Waals surface area contributed by atoms with Gasteiger partial charge in [-0.2, -0.15) is 0 Å². The molecule has 0 N–H and O–H groups in total. The van der Waals surface area contributed by atoms with Gasteiger partial charge in [-0.3, -0.25) is 0 Å². The second-order valence-corrected chi connectivity index (χ2v) is 13.7. The number of fused-ring (bicyclic) bond motifs is 3. The second-order valence-electron chi connectivity index (χ2n) is 13.7. The molecule has 0 bridgehead atoms. The molecule has 0 atom stereocenters. The van der Waals surface area contributed by atoms with E-state index in [0.29, 0.717) is 0 Å². The Morgan fingerprint density at radius 3 is 2.08 bits per heavy atom. The van der Waals surface area contributed by atoms with Crippen molar-refractivity contribution >= 4 is 57.2 Å². The lowest BCUT2D eigenvalue weighted by Crippen LogP contribution is -2.63. The van der Waals surface area contributed by atoms with Gasteiger partial charge in [-0.25, -0.2) is 0 Å². The molecule has 0 radical (unpaired) electrons. The van der Waals surface area contributed by atoms with Crippen LogP contribution < -0.4 is 35.7 Å². The van der Waals surface area contributed by atoms with E-state index in [4.69, 9.17) is 9.47 Å². The summed E-state index contributed by atoms with van der Waals surface area (Å²) in [6.45, 7) is 4.56. The fourth-order valence-corrected chi connectivity index (χ4v) is 8.60. The fourth-order valence-electron chi connectivity index (χ4n) is 8.60. The van der Waals surface area contributed by atoms with E-state index in [1.807, 2.05) is 0 Å². The Labute approximate surface area is 288 Å². The van der Waals surface area contributed by atoms with Gasteiger partial charge in [-0.1, -0.05) is 93.4 Å². The predicted octanol–water partition coefficient (Wildman–Crippen LogP) is 10.3. The van der Waals surface area contributed by atoms with Crippen LogP contribution in [0.5, 0.6) is 23.0 Å². The molecule has 6 aromatic rings. The predicted molar refractivity (Wildman–Crippen MR) is 203 cm³/mol. The Bertz CT molecular complexity index is 2300. The molecule has 0 fully saturated rings. The number of aryl methyl sites for hydroxylation is 2. The lowest BCUT2D eigenvalue weighted by Gasteiger charge is -2.48. The zero-order chi connectivity index (χ0) is 32.6. The lowest BCUT2D eigenvalue weighted by molar-refractivity contribution is 0.469. The van der Waals surface area contributed by atoms with Crippen molar-refractivity contribution in [1.29, 1.82) is 0 Å². The number of anilines is 6. The molecule has 4 aliphatic heterocycles. The van der Waals surface area contributed by atoms with Crippen LogP contribution in [0.3, 0.4) is 0 Å². The van der Waals surface area contributed by atoms with Crippen LogP contribution in [-0.2, 0) is 12.8 Å². The smallest absolute Gasteiger partial charge is 0.262 e. The highest BCUT2D eigenvalue weighted by atomic mass is 16.5. The Morgan fingerprint density at radius 2 is 1.22 bits per heavy atom. The van der Waals surface area contributed by atoms with Gasteiger partial charge < -0.3 is 19.3 Å². The fraction of sp³-hybridized carbons (Fsp3) is 0.182. The van der Waals surface area contributed by atoms with E-state index in [1.54, 1.807) is 0 Å². The largest absolute Gasteiger partial charge is 0.458 e. The minimum atomic E-state index is 0.0272. The lowest BCUT2D eigenvalue weighted by atomic mass is 9.32. The molecule has 0 spiro atoms. The Morgan fingerprint density at radius 1 is 0.531 bits per heavy atom. The Balaban J connectivity index is 1.33. The van der Waals surface area contributed by atoms with Crippen molar-refractivity contribution in [2.45, 2.75) is 52.4 Å². The van der Waals surface area contributed by atoms with Crippen LogP contribution in [0.2, 0.25) is 0 Å². The number of nitrogens with zero attached hydrogens (tertiary/aromatic N) is 2. The van der Waals surface area contributed by atoms with Gasteiger partial charge in [0.1, 0.15) is 11.5 Å². The van der Waals surface area contributed by atoms with E-state index in [2.05, 4.69) is 139 Å². The van der Waals surface area contributed by atoms with Gasteiger partial charge in [0, 0.05) is 22.6 Å². The number of benzene rings is 6. The zero-order valence-electron chi connectivity index (χ0n) is 28.0. The topological polar surface area (TPSA) is 24.9 Å². The molecule has 10 rings (SSSR count). The molecule has 4 heterocycles. The van der Waals surface area contributed by atoms with Crippen LogP contribution in [0, 0.1) is 0 Å². The van der Waals surface area contributed by atoms with Crippen LogP contribution in [0.1, 0.15) is 50.7 Å². The third-order valence-electron chi connectivity index (χ3n) is 10.8. The molecule has 0 amide bonds. The van der Waals surface area contributed by atoms with Gasteiger partial charge in [0.15, 0.2) is 11.5 Å². The van der Waals surface area contributed by atoms with E-state index in [1.165, 1.54) is 61.4 Å². The van der Waals surface area contributed by atoms with Crippen molar-refractivity contribution in [1.82, 2.24) is 0 Å². The molecule has 0 aromatic heterocycles. The summed E-state index contributed by atoms with van der Waals surface area (Å²) in [4.78, 5) is 5.02. The third kappa shape index (κ3) is 4.11. The monoisotopic (exact) mass is 636 g/mol. The van der Waals surface area contributed by atoms with Crippen LogP contribution >= 0.6 is 0 Å². The summed E-state index contributed by atoms with van der Waals surface area (Å²) < 4.78 is 14.0. The maximum Gasteiger partial charge on any atom is 0.262 e. The van der Waals surface area contributed by atoms with Crippen molar-refractivity contribution in [2.24, 2.45) is 0 Å². The number of rotatable bonds is 8. The van der Waals surface area contributed by atoms with Crippen LogP contribution in [-0.4, -0.2) is 6.71 Å². The number of hydrogen-bond acceptors (Lipinski definition) is 4. The summed E-state index contributed by atoms with van der Waals surface area (Å²) in [5.74, 6) is 3.82. The first-order valence-electron chi connectivity index (χ1n) is 17.9. The molecule has 6 aromatic carbocycles. The van der Waals surface area contributed by atoms with Crippen molar-refractivity contribution in [3.8, 4) is 34.1 Å². The molecule has 5 heteroatoms. The van der Waals surface area contributed by atoms with Crippen LogP contribution in [0.25, 0.3) is 11.1 Å². The van der Waals surface area contributed by atoms with Crippen LogP contribution in [0.15, 0.2) is 115 Å². The van der Waals surface area contributed by atoms with E-state index in [-0.39, 0.29) is 6.71 Å². The maximum atomic E-state index is 7.01. The third-order valence-corrected chi connectivity index (χ3v) is 10.8. The minimum absolute atomic E-state index is 0.0272. The van der Waals surface area contributed by atoms with Gasteiger partial charge in [-0.15, -0.1) is 0 Å². The number of para-hydroxylation sites is 3. The highest BCUT2D eigenvalue weighted by Crippen LogP contribution is 2.57. The summed E-state index contributed by atoms with van der Waals surface area (Å²) >= 11 is 0. The Hall–Kier alpha value is -5.42. The molecular formula is C44H37BN2O2. The first-order chi connectivity index (χ1) is 24.2. The van der Waals surface area contributed by atoms with Gasteiger partial charge in [0.05, 0.1) is 17.1 Å². The summed E-state index contributed by atoms with van der Waals surface area (Å²) in [5.41, 5.74) is 15.8. The van der Waals surface area contributed by atoms with E-state index in [9.17, 15) is 0 Å². The maximum absolute atomic E-state index is 7.01. The highest BCUT2D eigenvalue weighted by Gasteiger charge is 2.51. The summed E-state index contributed by atoms with van der Waals surface area (Å²) in [7, 11) is 0. The molecule has 4 aliphatic rings. The SMILES string of the molecule is CCCCc1cc2c3c(c1)N1c4ccccc4Oc4c(CCCC)cc5c(c41)B3c1c(cccc1N5c1ccccc1-c1ccccc1)O2.